The molecular formula is C12H20N6O2. The van der Waals surface area contributed by atoms with Crippen LogP contribution in [0.3, 0.4) is 0 Å². The van der Waals surface area contributed by atoms with Crippen molar-refractivity contribution in [2.45, 2.75) is 45.6 Å². The molecule has 8 nitrogen and oxygen atoms in total. The van der Waals surface area contributed by atoms with Gasteiger partial charge in [0.25, 0.3) is 0 Å². The first-order valence-corrected chi connectivity index (χ1v) is 6.68. The maximum atomic E-state index is 11.2. The average molecular weight is 280 g/mol. The van der Waals surface area contributed by atoms with Crippen molar-refractivity contribution in [3.63, 3.8) is 0 Å². The van der Waals surface area contributed by atoms with Crippen LogP contribution in [0, 0.1) is 15.5 Å². The quantitative estimate of drug-likeness (QED) is 0.438. The van der Waals surface area contributed by atoms with Gasteiger partial charge in [-0.25, -0.2) is 15.8 Å². The highest BCUT2D eigenvalue weighted by Gasteiger charge is 2.34. The van der Waals surface area contributed by atoms with Crippen molar-refractivity contribution in [2.75, 3.05) is 10.7 Å². The van der Waals surface area contributed by atoms with Gasteiger partial charge in [0.15, 0.2) is 0 Å². The summed E-state index contributed by atoms with van der Waals surface area (Å²) in [7, 11) is 0. The number of anilines is 2. The molecule has 1 aliphatic rings. The second-order valence-electron chi connectivity index (χ2n) is 5.75. The van der Waals surface area contributed by atoms with Crippen LogP contribution < -0.4 is 16.6 Å². The molecule has 0 bridgehead atoms. The smallest absolute Gasteiger partial charge is 0.354 e. The number of rotatable bonds is 4. The van der Waals surface area contributed by atoms with Crippen LogP contribution in [0.5, 0.6) is 0 Å². The van der Waals surface area contributed by atoms with Crippen LogP contribution in [0.25, 0.3) is 0 Å². The Morgan fingerprint density at radius 1 is 1.40 bits per heavy atom. The van der Waals surface area contributed by atoms with Crippen LogP contribution in [-0.2, 0) is 0 Å². The number of nitrogens with one attached hydrogen (secondary N) is 2. The highest BCUT2D eigenvalue weighted by Crippen LogP contribution is 2.39. The molecule has 0 amide bonds. The van der Waals surface area contributed by atoms with Gasteiger partial charge < -0.3 is 10.7 Å². The molecular weight excluding hydrogens is 260 g/mol. The van der Waals surface area contributed by atoms with Crippen molar-refractivity contribution in [3.8, 4) is 0 Å². The van der Waals surface area contributed by atoms with Gasteiger partial charge in [0.1, 0.15) is 6.33 Å². The Morgan fingerprint density at radius 2 is 2.10 bits per heavy atom. The Hall–Kier alpha value is -1.96. The Morgan fingerprint density at radius 3 is 2.70 bits per heavy atom. The molecule has 110 valence electrons. The summed E-state index contributed by atoms with van der Waals surface area (Å²) < 4.78 is 0. The Bertz CT molecular complexity index is 505. The number of nitrogens with two attached hydrogens (primary N) is 1. The fraction of sp³-hybridized carbons (Fsp3) is 0.667. The van der Waals surface area contributed by atoms with E-state index in [-0.39, 0.29) is 28.8 Å². The minimum Gasteiger partial charge on any atom is -0.361 e. The third kappa shape index (κ3) is 2.79. The summed E-state index contributed by atoms with van der Waals surface area (Å²) in [5.41, 5.74) is 2.11. The Kier molecular flexibility index (Phi) is 4.03. The van der Waals surface area contributed by atoms with E-state index >= 15 is 0 Å². The molecule has 0 aromatic carbocycles. The second-order valence-corrected chi connectivity index (χ2v) is 5.75. The van der Waals surface area contributed by atoms with E-state index in [1.165, 1.54) is 12.7 Å². The monoisotopic (exact) mass is 280 g/mol. The van der Waals surface area contributed by atoms with E-state index < -0.39 is 4.92 Å². The van der Waals surface area contributed by atoms with Gasteiger partial charge in [0.05, 0.1) is 4.92 Å². The average Bonchev–Trinajstić information content (AvgIpc) is 2.40. The minimum atomic E-state index is -0.520. The summed E-state index contributed by atoms with van der Waals surface area (Å²) >= 11 is 0. The fourth-order valence-electron chi connectivity index (χ4n) is 2.69. The molecule has 1 saturated carbocycles. The molecule has 0 radical (unpaired) electrons. The first-order chi connectivity index (χ1) is 9.45. The zero-order valence-corrected chi connectivity index (χ0v) is 11.7. The third-order valence-corrected chi connectivity index (χ3v) is 3.96. The third-order valence-electron chi connectivity index (χ3n) is 3.96. The molecule has 1 aromatic heterocycles. The lowest BCUT2D eigenvalue weighted by molar-refractivity contribution is -0.383. The molecule has 1 unspecified atom stereocenters. The summed E-state index contributed by atoms with van der Waals surface area (Å²) in [6.45, 7) is 4.33. The molecule has 8 heteroatoms. The van der Waals surface area contributed by atoms with Gasteiger partial charge in [0.2, 0.25) is 11.6 Å². The molecule has 0 aliphatic heterocycles. The van der Waals surface area contributed by atoms with Crippen LogP contribution >= 0.6 is 0 Å². The Labute approximate surface area is 117 Å². The summed E-state index contributed by atoms with van der Waals surface area (Å²) in [4.78, 5) is 18.5. The molecule has 2 rings (SSSR count). The van der Waals surface area contributed by atoms with Gasteiger partial charge >= 0.3 is 5.69 Å². The summed E-state index contributed by atoms with van der Waals surface area (Å²) in [5.74, 6) is 5.51. The number of nitrogens with zero attached hydrogens (tertiary/aromatic N) is 3. The predicted octanol–water partition coefficient (Wildman–Crippen LogP) is 2.05. The van der Waals surface area contributed by atoms with E-state index in [0.29, 0.717) is 0 Å². The zero-order valence-electron chi connectivity index (χ0n) is 11.7. The molecule has 0 saturated heterocycles. The zero-order chi connectivity index (χ0) is 14.8. The van der Waals surface area contributed by atoms with Crippen molar-refractivity contribution in [2.24, 2.45) is 11.3 Å². The summed E-state index contributed by atoms with van der Waals surface area (Å²) in [6, 6.07) is 0.149. The molecule has 20 heavy (non-hydrogen) atoms. The highest BCUT2D eigenvalue weighted by molar-refractivity contribution is 5.69. The lowest BCUT2D eigenvalue weighted by Gasteiger charge is -2.39. The number of hydrogen-bond donors (Lipinski definition) is 3. The summed E-state index contributed by atoms with van der Waals surface area (Å²) in [5, 5.41) is 14.4. The van der Waals surface area contributed by atoms with Gasteiger partial charge in [-0.2, -0.15) is 0 Å². The van der Waals surface area contributed by atoms with E-state index in [0.717, 1.165) is 19.3 Å². The van der Waals surface area contributed by atoms with Crippen molar-refractivity contribution in [1.82, 2.24) is 9.97 Å². The first kappa shape index (κ1) is 14.4. The van der Waals surface area contributed by atoms with Crippen molar-refractivity contribution < 1.29 is 4.92 Å². The maximum Gasteiger partial charge on any atom is 0.354 e. The number of hydrogen-bond acceptors (Lipinski definition) is 7. The van der Waals surface area contributed by atoms with Crippen LogP contribution in [0.4, 0.5) is 17.3 Å². The highest BCUT2D eigenvalue weighted by atomic mass is 16.6. The molecule has 4 N–H and O–H groups in total. The normalized spacial score (nSPS) is 21.2. The van der Waals surface area contributed by atoms with E-state index in [1.54, 1.807) is 0 Å². The number of aromatic nitrogens is 2. The van der Waals surface area contributed by atoms with Crippen LogP contribution in [0.15, 0.2) is 6.33 Å². The van der Waals surface area contributed by atoms with Crippen molar-refractivity contribution >= 4 is 17.3 Å². The van der Waals surface area contributed by atoms with Crippen molar-refractivity contribution in [1.29, 1.82) is 0 Å². The van der Waals surface area contributed by atoms with Gasteiger partial charge in [-0.05, 0) is 18.3 Å². The lowest BCUT2D eigenvalue weighted by atomic mass is 9.73. The van der Waals surface area contributed by atoms with Crippen LogP contribution in [0.1, 0.15) is 39.5 Å². The standard InChI is InChI=1S/C12H20N6O2/c1-12(2)6-4-3-5-8(12)16-10-9(18(19)20)11(17-13)15-7-14-10/h7-8H,3-6,13H2,1-2H3,(H2,14,15,16,17). The molecule has 1 aromatic rings. The Balaban J connectivity index is 2.31. The van der Waals surface area contributed by atoms with Gasteiger partial charge in [-0.3, -0.25) is 10.1 Å². The molecule has 1 heterocycles. The van der Waals surface area contributed by atoms with Gasteiger partial charge in [0, 0.05) is 6.04 Å². The molecule has 1 atom stereocenters. The van der Waals surface area contributed by atoms with Crippen molar-refractivity contribution in [3.05, 3.63) is 16.4 Å². The SMILES string of the molecule is CC1(C)CCCCC1Nc1ncnc(NN)c1[N+](=O)[O-]. The number of nitrogen functional groups attached to an aromatic ring is 1. The largest absolute Gasteiger partial charge is 0.361 e. The lowest BCUT2D eigenvalue weighted by Crippen LogP contribution is -2.39. The van der Waals surface area contributed by atoms with Gasteiger partial charge in [-0.1, -0.05) is 26.7 Å². The molecule has 1 fully saturated rings. The van der Waals surface area contributed by atoms with E-state index in [9.17, 15) is 10.1 Å². The van der Waals surface area contributed by atoms with E-state index in [1.807, 2.05) is 0 Å². The van der Waals surface area contributed by atoms with Crippen LogP contribution in [-0.4, -0.2) is 20.9 Å². The number of nitro groups is 1. The van der Waals surface area contributed by atoms with E-state index in [4.69, 9.17) is 5.84 Å². The molecule has 1 aliphatic carbocycles. The van der Waals surface area contributed by atoms with E-state index in [2.05, 4.69) is 34.6 Å². The maximum absolute atomic E-state index is 11.2. The minimum absolute atomic E-state index is 0.0149. The summed E-state index contributed by atoms with van der Waals surface area (Å²) in [6.07, 6.45) is 5.63. The number of hydrazine groups is 1. The van der Waals surface area contributed by atoms with Crippen LogP contribution in [0.2, 0.25) is 0 Å². The van der Waals surface area contributed by atoms with Gasteiger partial charge in [-0.15, -0.1) is 0 Å². The topological polar surface area (TPSA) is 119 Å². The molecule has 0 spiro atoms. The second kappa shape index (κ2) is 5.58. The fourth-order valence-corrected chi connectivity index (χ4v) is 2.69. The first-order valence-electron chi connectivity index (χ1n) is 6.68. The predicted molar refractivity (Wildman–Crippen MR) is 76.2 cm³/mol.